The van der Waals surface area contributed by atoms with E-state index in [0.29, 0.717) is 6.54 Å². The van der Waals surface area contributed by atoms with Gasteiger partial charge in [-0.1, -0.05) is 32.9 Å². The summed E-state index contributed by atoms with van der Waals surface area (Å²) in [6.07, 6.45) is -0.332. The van der Waals surface area contributed by atoms with Crippen molar-refractivity contribution in [2.45, 2.75) is 37.2 Å². The van der Waals surface area contributed by atoms with E-state index in [1.165, 1.54) is 0 Å². The van der Waals surface area contributed by atoms with E-state index in [1.807, 2.05) is 12.1 Å². The summed E-state index contributed by atoms with van der Waals surface area (Å²) in [5.74, 6) is -0.0955. The molecule has 2 rings (SSSR count). The summed E-state index contributed by atoms with van der Waals surface area (Å²) in [5.41, 5.74) is 1.05. The predicted molar refractivity (Wildman–Crippen MR) is 87.7 cm³/mol. The van der Waals surface area contributed by atoms with Crippen LogP contribution >= 0.6 is 0 Å². The van der Waals surface area contributed by atoms with Gasteiger partial charge in [0.15, 0.2) is 0 Å². The van der Waals surface area contributed by atoms with Gasteiger partial charge in [0, 0.05) is 20.1 Å². The average molecular weight is 340 g/mol. The zero-order valence-corrected chi connectivity index (χ0v) is 14.8. The number of amides is 1. The first-order chi connectivity index (χ1) is 10.6. The topological polar surface area (TPSA) is 75.7 Å². The van der Waals surface area contributed by atoms with E-state index in [0.717, 1.165) is 5.56 Å². The summed E-state index contributed by atoms with van der Waals surface area (Å²) < 4.78 is 32.6. The van der Waals surface area contributed by atoms with Gasteiger partial charge in [-0.15, -0.1) is 0 Å². The molecule has 1 heterocycles. The number of nitrogens with zero attached hydrogens (tertiary/aromatic N) is 1. The van der Waals surface area contributed by atoms with Crippen LogP contribution in [0, 0.1) is 0 Å². The van der Waals surface area contributed by atoms with Gasteiger partial charge in [0.2, 0.25) is 15.9 Å². The van der Waals surface area contributed by atoms with Crippen molar-refractivity contribution in [1.82, 2.24) is 9.62 Å². The molecule has 1 aromatic rings. The highest BCUT2D eigenvalue weighted by Gasteiger charge is 2.25. The summed E-state index contributed by atoms with van der Waals surface area (Å²) in [4.78, 5) is 13.1. The standard InChI is InChI=1S/C16H24N2O4S/c1-16(2,3)12-5-7-14(8-6-12)23(20,21)17-9-13-10-18(4)15(19)11-22-13/h5-8,13,17H,9-11H2,1-4H3. The summed E-state index contributed by atoms with van der Waals surface area (Å²) in [6.45, 7) is 6.74. The van der Waals surface area contributed by atoms with Crippen molar-refractivity contribution in [2.24, 2.45) is 0 Å². The number of benzene rings is 1. The molecule has 0 bridgehead atoms. The number of sulfonamides is 1. The Labute approximate surface area is 137 Å². The molecule has 1 N–H and O–H groups in total. The number of hydrogen-bond acceptors (Lipinski definition) is 4. The summed E-state index contributed by atoms with van der Waals surface area (Å²) in [6, 6.07) is 6.89. The molecule has 1 amide bonds. The number of morpholine rings is 1. The van der Waals surface area contributed by atoms with Crippen LogP contribution in [0.1, 0.15) is 26.3 Å². The number of nitrogens with one attached hydrogen (secondary N) is 1. The summed E-state index contributed by atoms with van der Waals surface area (Å²) >= 11 is 0. The molecule has 1 unspecified atom stereocenters. The number of hydrogen-bond donors (Lipinski definition) is 1. The number of ether oxygens (including phenoxy) is 1. The third-order valence-corrected chi connectivity index (χ3v) is 5.32. The molecule has 0 aliphatic carbocycles. The molecule has 0 aromatic heterocycles. The minimum Gasteiger partial charge on any atom is -0.365 e. The van der Waals surface area contributed by atoms with Crippen molar-refractivity contribution in [3.8, 4) is 0 Å². The first kappa shape index (κ1) is 17.9. The lowest BCUT2D eigenvalue weighted by atomic mass is 9.87. The van der Waals surface area contributed by atoms with Crippen LogP contribution in [0.3, 0.4) is 0 Å². The highest BCUT2D eigenvalue weighted by Crippen LogP contribution is 2.23. The molecule has 1 saturated heterocycles. The van der Waals surface area contributed by atoms with Crippen LogP contribution in [0.15, 0.2) is 29.2 Å². The van der Waals surface area contributed by atoms with Crippen LogP contribution in [-0.2, 0) is 25.0 Å². The second kappa shape index (κ2) is 6.59. The van der Waals surface area contributed by atoms with Gasteiger partial charge in [-0.2, -0.15) is 0 Å². The van der Waals surface area contributed by atoms with Gasteiger partial charge in [0.1, 0.15) is 6.61 Å². The number of rotatable bonds is 4. The zero-order valence-electron chi connectivity index (χ0n) is 14.0. The Balaban J connectivity index is 2.00. The van der Waals surface area contributed by atoms with E-state index in [1.54, 1.807) is 24.1 Å². The van der Waals surface area contributed by atoms with Crippen molar-refractivity contribution >= 4 is 15.9 Å². The van der Waals surface area contributed by atoms with Crippen LogP contribution in [0.25, 0.3) is 0 Å². The Morgan fingerprint density at radius 2 is 1.87 bits per heavy atom. The Morgan fingerprint density at radius 3 is 2.39 bits per heavy atom. The van der Waals surface area contributed by atoms with Crippen molar-refractivity contribution in [3.63, 3.8) is 0 Å². The lowest BCUT2D eigenvalue weighted by Crippen LogP contribution is -2.48. The van der Waals surface area contributed by atoms with Gasteiger partial charge in [-0.25, -0.2) is 13.1 Å². The Hall–Kier alpha value is -1.44. The highest BCUT2D eigenvalue weighted by atomic mass is 32.2. The Morgan fingerprint density at radius 1 is 1.26 bits per heavy atom. The SMILES string of the molecule is CN1CC(CNS(=O)(=O)c2ccc(C(C)(C)C)cc2)OCC1=O. The summed E-state index contributed by atoms with van der Waals surface area (Å²) in [5, 5.41) is 0. The van der Waals surface area contributed by atoms with Gasteiger partial charge >= 0.3 is 0 Å². The molecule has 1 aliphatic rings. The second-order valence-electron chi connectivity index (χ2n) is 6.83. The Bertz CT molecular complexity index is 662. The minimum atomic E-state index is -3.59. The second-order valence-corrected chi connectivity index (χ2v) is 8.60. The van der Waals surface area contributed by atoms with E-state index >= 15 is 0 Å². The number of carbonyl (C=O) groups is 1. The van der Waals surface area contributed by atoms with Crippen LogP contribution < -0.4 is 4.72 Å². The van der Waals surface area contributed by atoms with E-state index < -0.39 is 10.0 Å². The van der Waals surface area contributed by atoms with Gasteiger partial charge in [-0.3, -0.25) is 4.79 Å². The molecule has 1 fully saturated rings. The lowest BCUT2D eigenvalue weighted by Gasteiger charge is -2.29. The third kappa shape index (κ3) is 4.53. The van der Waals surface area contributed by atoms with E-state index in [-0.39, 0.29) is 35.5 Å². The Kier molecular flexibility index (Phi) is 5.13. The monoisotopic (exact) mass is 340 g/mol. The van der Waals surface area contributed by atoms with Gasteiger partial charge < -0.3 is 9.64 Å². The third-order valence-electron chi connectivity index (χ3n) is 3.88. The molecule has 0 saturated carbocycles. The van der Waals surface area contributed by atoms with Gasteiger partial charge in [0.25, 0.3) is 0 Å². The molecule has 128 valence electrons. The molecule has 7 heteroatoms. The molecular weight excluding hydrogens is 316 g/mol. The van der Waals surface area contributed by atoms with Crippen LogP contribution in [0.2, 0.25) is 0 Å². The fourth-order valence-corrected chi connectivity index (χ4v) is 3.37. The first-order valence-electron chi connectivity index (χ1n) is 7.55. The maximum absolute atomic E-state index is 12.3. The zero-order chi connectivity index (χ0) is 17.3. The van der Waals surface area contributed by atoms with Crippen LogP contribution in [0.4, 0.5) is 0 Å². The van der Waals surface area contributed by atoms with E-state index in [2.05, 4.69) is 25.5 Å². The fourth-order valence-electron chi connectivity index (χ4n) is 2.30. The molecule has 23 heavy (non-hydrogen) atoms. The fraction of sp³-hybridized carbons (Fsp3) is 0.562. The van der Waals surface area contributed by atoms with Crippen molar-refractivity contribution in [2.75, 3.05) is 26.7 Å². The van der Waals surface area contributed by atoms with Crippen LogP contribution in [0.5, 0.6) is 0 Å². The highest BCUT2D eigenvalue weighted by molar-refractivity contribution is 7.89. The molecule has 0 radical (unpaired) electrons. The van der Waals surface area contributed by atoms with Gasteiger partial charge in [0.05, 0.1) is 11.0 Å². The largest absolute Gasteiger partial charge is 0.365 e. The quantitative estimate of drug-likeness (QED) is 0.891. The average Bonchev–Trinajstić information content (AvgIpc) is 2.48. The predicted octanol–water partition coefficient (Wildman–Crippen LogP) is 1.12. The molecule has 1 aliphatic heterocycles. The van der Waals surface area contributed by atoms with Gasteiger partial charge in [-0.05, 0) is 23.1 Å². The molecule has 1 aromatic carbocycles. The molecular formula is C16H24N2O4S. The minimum absolute atomic E-state index is 0.0107. The normalized spacial score (nSPS) is 19.9. The smallest absolute Gasteiger partial charge is 0.248 e. The summed E-state index contributed by atoms with van der Waals surface area (Å²) in [7, 11) is -1.91. The molecule has 0 spiro atoms. The maximum Gasteiger partial charge on any atom is 0.248 e. The van der Waals surface area contributed by atoms with Crippen molar-refractivity contribution in [1.29, 1.82) is 0 Å². The number of likely N-dealkylation sites (N-methyl/N-ethyl adjacent to an activating group) is 1. The first-order valence-corrected chi connectivity index (χ1v) is 9.04. The van der Waals surface area contributed by atoms with Crippen molar-refractivity contribution < 1.29 is 17.9 Å². The van der Waals surface area contributed by atoms with E-state index in [4.69, 9.17) is 4.74 Å². The maximum atomic E-state index is 12.3. The van der Waals surface area contributed by atoms with Crippen LogP contribution in [-0.4, -0.2) is 52.1 Å². The lowest BCUT2D eigenvalue weighted by molar-refractivity contribution is -0.146. The molecule has 6 nitrogen and oxygen atoms in total. The number of carbonyl (C=O) groups excluding carboxylic acids is 1. The van der Waals surface area contributed by atoms with E-state index in [9.17, 15) is 13.2 Å². The van der Waals surface area contributed by atoms with Crippen molar-refractivity contribution in [3.05, 3.63) is 29.8 Å². The molecule has 1 atom stereocenters.